The first kappa shape index (κ1) is 17.0. The van der Waals surface area contributed by atoms with Crippen molar-refractivity contribution in [2.45, 2.75) is 0 Å². The first-order chi connectivity index (χ1) is 11.0. The van der Waals surface area contributed by atoms with Crippen molar-refractivity contribution in [1.29, 1.82) is 0 Å². The van der Waals surface area contributed by atoms with E-state index in [1.807, 2.05) is 4.90 Å². The van der Waals surface area contributed by atoms with Crippen LogP contribution in [0.1, 0.15) is 0 Å². The molecule has 0 unspecified atom stereocenters. The average Bonchev–Trinajstić information content (AvgIpc) is 2.56. The Morgan fingerprint density at radius 1 is 1.39 bits per heavy atom. The summed E-state index contributed by atoms with van der Waals surface area (Å²) in [6.45, 7) is 2.87. The number of nitrogens with zero attached hydrogens (tertiary/aromatic N) is 5. The highest BCUT2D eigenvalue weighted by atomic mass is 19.1. The van der Waals surface area contributed by atoms with Crippen LogP contribution in [0.5, 0.6) is 0 Å². The van der Waals surface area contributed by atoms with E-state index in [-0.39, 0.29) is 18.3 Å². The molecule has 1 N–H and O–H groups in total. The SMILES string of the molecule is CN=C(NCC(=O)N(C)C)N1CCN(c2ncccc2F)CC1. The van der Waals surface area contributed by atoms with Crippen molar-refractivity contribution >= 4 is 17.7 Å². The van der Waals surface area contributed by atoms with E-state index in [1.54, 1.807) is 33.4 Å². The van der Waals surface area contributed by atoms with E-state index in [0.717, 1.165) is 0 Å². The summed E-state index contributed by atoms with van der Waals surface area (Å²) in [6, 6.07) is 3.00. The van der Waals surface area contributed by atoms with Gasteiger partial charge in [-0.15, -0.1) is 0 Å². The maximum atomic E-state index is 13.8. The number of carbonyl (C=O) groups is 1. The lowest BCUT2D eigenvalue weighted by Gasteiger charge is -2.37. The Hall–Kier alpha value is -2.38. The molecule has 2 rings (SSSR count). The molecular formula is C15H23FN6O. The van der Waals surface area contributed by atoms with Crippen molar-refractivity contribution in [2.75, 3.05) is 58.8 Å². The predicted octanol–water partition coefficient (Wildman–Crippen LogP) is 0.00630. The van der Waals surface area contributed by atoms with Gasteiger partial charge in [0.15, 0.2) is 17.6 Å². The summed E-state index contributed by atoms with van der Waals surface area (Å²) < 4.78 is 13.8. The number of hydrogen-bond acceptors (Lipinski definition) is 4. The van der Waals surface area contributed by atoms with E-state index >= 15 is 0 Å². The summed E-state index contributed by atoms with van der Waals surface area (Å²) in [7, 11) is 5.12. The fraction of sp³-hybridized carbons (Fsp3) is 0.533. The van der Waals surface area contributed by atoms with Gasteiger partial charge in [0.2, 0.25) is 5.91 Å². The molecule has 1 aliphatic rings. The van der Waals surface area contributed by atoms with Gasteiger partial charge in [-0.25, -0.2) is 9.37 Å². The molecule has 23 heavy (non-hydrogen) atoms. The van der Waals surface area contributed by atoms with Crippen LogP contribution in [0.2, 0.25) is 0 Å². The van der Waals surface area contributed by atoms with Crippen LogP contribution in [0.15, 0.2) is 23.3 Å². The Morgan fingerprint density at radius 3 is 2.65 bits per heavy atom. The third-order valence-corrected chi connectivity index (χ3v) is 3.73. The van der Waals surface area contributed by atoms with Crippen molar-refractivity contribution in [3.63, 3.8) is 0 Å². The molecule has 0 aromatic carbocycles. The number of amides is 1. The lowest BCUT2D eigenvalue weighted by atomic mass is 10.3. The second kappa shape index (κ2) is 7.75. The lowest BCUT2D eigenvalue weighted by molar-refractivity contribution is -0.127. The summed E-state index contributed by atoms with van der Waals surface area (Å²) >= 11 is 0. The third kappa shape index (κ3) is 4.30. The van der Waals surface area contributed by atoms with Gasteiger partial charge in [0.25, 0.3) is 0 Å². The van der Waals surface area contributed by atoms with E-state index in [2.05, 4.69) is 20.2 Å². The molecule has 1 fully saturated rings. The number of pyridine rings is 1. The Morgan fingerprint density at radius 2 is 2.09 bits per heavy atom. The van der Waals surface area contributed by atoms with Gasteiger partial charge >= 0.3 is 0 Å². The van der Waals surface area contributed by atoms with E-state index in [4.69, 9.17) is 0 Å². The van der Waals surface area contributed by atoms with Gasteiger partial charge in [0, 0.05) is 53.5 Å². The van der Waals surface area contributed by atoms with Gasteiger partial charge in [-0.05, 0) is 12.1 Å². The highest BCUT2D eigenvalue weighted by Crippen LogP contribution is 2.17. The zero-order chi connectivity index (χ0) is 16.8. The molecule has 1 amide bonds. The van der Waals surface area contributed by atoms with E-state index < -0.39 is 0 Å². The van der Waals surface area contributed by atoms with Crippen LogP contribution in [-0.2, 0) is 4.79 Å². The van der Waals surface area contributed by atoms with Crippen molar-refractivity contribution in [1.82, 2.24) is 20.1 Å². The minimum absolute atomic E-state index is 0.0136. The Balaban J connectivity index is 1.90. The molecule has 0 spiro atoms. The zero-order valence-electron chi connectivity index (χ0n) is 13.8. The molecule has 1 aromatic rings. The maximum absolute atomic E-state index is 13.8. The monoisotopic (exact) mass is 322 g/mol. The summed E-state index contributed by atoms with van der Waals surface area (Å²) in [5.74, 6) is 0.750. The lowest BCUT2D eigenvalue weighted by Crippen LogP contribution is -2.54. The molecule has 1 aliphatic heterocycles. The molecule has 1 aromatic heterocycles. The molecule has 2 heterocycles. The first-order valence-corrected chi connectivity index (χ1v) is 7.54. The highest BCUT2D eigenvalue weighted by molar-refractivity contribution is 5.86. The quantitative estimate of drug-likeness (QED) is 0.627. The van der Waals surface area contributed by atoms with Gasteiger partial charge in [0.05, 0.1) is 6.54 Å². The molecular weight excluding hydrogens is 299 g/mol. The summed E-state index contributed by atoms with van der Waals surface area (Å²) in [5.41, 5.74) is 0. The minimum Gasteiger partial charge on any atom is -0.351 e. The molecule has 0 radical (unpaired) electrons. The molecule has 126 valence electrons. The van der Waals surface area contributed by atoms with Gasteiger partial charge < -0.3 is 20.0 Å². The number of anilines is 1. The van der Waals surface area contributed by atoms with Crippen molar-refractivity contribution in [3.8, 4) is 0 Å². The Bertz CT molecular complexity index is 569. The van der Waals surface area contributed by atoms with E-state index in [1.165, 1.54) is 11.0 Å². The number of likely N-dealkylation sites (N-methyl/N-ethyl adjacent to an activating group) is 1. The van der Waals surface area contributed by atoms with Crippen LogP contribution in [0.3, 0.4) is 0 Å². The molecule has 0 saturated carbocycles. The smallest absolute Gasteiger partial charge is 0.241 e. The summed E-state index contributed by atoms with van der Waals surface area (Å²) in [4.78, 5) is 25.5. The summed E-state index contributed by atoms with van der Waals surface area (Å²) in [5, 5.41) is 3.06. The topological polar surface area (TPSA) is 64.1 Å². The molecule has 7 nitrogen and oxygen atoms in total. The predicted molar refractivity (Wildman–Crippen MR) is 88.0 cm³/mol. The number of aromatic nitrogens is 1. The molecule has 1 saturated heterocycles. The van der Waals surface area contributed by atoms with Crippen LogP contribution < -0.4 is 10.2 Å². The van der Waals surface area contributed by atoms with Gasteiger partial charge in [-0.2, -0.15) is 0 Å². The molecule has 0 atom stereocenters. The van der Waals surface area contributed by atoms with Gasteiger partial charge in [0.1, 0.15) is 0 Å². The number of nitrogens with one attached hydrogen (secondary N) is 1. The summed E-state index contributed by atoms with van der Waals surface area (Å²) in [6.07, 6.45) is 1.60. The number of halogens is 1. The number of hydrogen-bond donors (Lipinski definition) is 1. The second-order valence-corrected chi connectivity index (χ2v) is 5.47. The second-order valence-electron chi connectivity index (χ2n) is 5.47. The largest absolute Gasteiger partial charge is 0.351 e. The average molecular weight is 322 g/mol. The normalized spacial score (nSPS) is 15.6. The number of carbonyl (C=O) groups excluding carboxylic acids is 1. The fourth-order valence-electron chi connectivity index (χ4n) is 2.39. The Kier molecular flexibility index (Phi) is 5.72. The molecule has 8 heteroatoms. The van der Waals surface area contributed by atoms with Crippen molar-refractivity contribution in [3.05, 3.63) is 24.1 Å². The highest BCUT2D eigenvalue weighted by Gasteiger charge is 2.22. The molecule has 0 bridgehead atoms. The van der Waals surface area contributed by atoms with Crippen LogP contribution in [0, 0.1) is 5.82 Å². The van der Waals surface area contributed by atoms with E-state index in [0.29, 0.717) is 38.0 Å². The number of rotatable bonds is 3. The first-order valence-electron chi connectivity index (χ1n) is 7.54. The zero-order valence-corrected chi connectivity index (χ0v) is 13.8. The molecule has 0 aliphatic carbocycles. The van der Waals surface area contributed by atoms with Crippen LogP contribution >= 0.6 is 0 Å². The standard InChI is InChI=1S/C15H23FN6O/c1-17-15(19-11-13(23)20(2)3)22-9-7-21(8-10-22)14-12(16)5-4-6-18-14/h4-6H,7-11H2,1-3H3,(H,17,19). The van der Waals surface area contributed by atoms with Crippen molar-refractivity contribution < 1.29 is 9.18 Å². The number of aliphatic imine (C=N–C) groups is 1. The maximum Gasteiger partial charge on any atom is 0.241 e. The van der Waals surface area contributed by atoms with Gasteiger partial charge in [-0.3, -0.25) is 9.79 Å². The van der Waals surface area contributed by atoms with E-state index in [9.17, 15) is 9.18 Å². The van der Waals surface area contributed by atoms with Crippen LogP contribution in [0.25, 0.3) is 0 Å². The third-order valence-electron chi connectivity index (χ3n) is 3.73. The van der Waals surface area contributed by atoms with Crippen molar-refractivity contribution in [2.24, 2.45) is 4.99 Å². The number of piperazine rings is 1. The number of guanidine groups is 1. The van der Waals surface area contributed by atoms with Crippen LogP contribution in [0.4, 0.5) is 10.2 Å². The fourth-order valence-corrected chi connectivity index (χ4v) is 2.39. The van der Waals surface area contributed by atoms with Crippen LogP contribution in [-0.4, -0.2) is 80.5 Å². The minimum atomic E-state index is -0.306. The Labute approximate surface area is 135 Å². The van der Waals surface area contributed by atoms with Gasteiger partial charge in [-0.1, -0.05) is 0 Å².